The molecule has 0 amide bonds. The molecule has 6 rings (SSSR count). The summed E-state index contributed by atoms with van der Waals surface area (Å²) in [4.78, 5) is 32.1. The van der Waals surface area contributed by atoms with Gasteiger partial charge < -0.3 is 10.6 Å². The maximum Gasteiger partial charge on any atom is 0.433 e. The summed E-state index contributed by atoms with van der Waals surface area (Å²) < 4.78 is 90.6. The summed E-state index contributed by atoms with van der Waals surface area (Å²) >= 11 is 0. The molecule has 11 nitrogen and oxygen atoms in total. The first kappa shape index (κ1) is 35.9. The molecule has 0 saturated heterocycles. The number of aryl methyl sites for hydroxylation is 1. The molecule has 0 aromatic carbocycles. The highest BCUT2D eigenvalue weighted by Gasteiger charge is 2.35. The second-order valence-corrected chi connectivity index (χ2v) is 12.7. The zero-order valence-electron chi connectivity index (χ0n) is 26.6. The molecule has 18 heteroatoms. The Bertz CT molecular complexity index is 2150. The lowest BCUT2D eigenvalue weighted by molar-refractivity contribution is -0.142. The number of nitrogens with one attached hydrogen (secondary N) is 2. The number of fused-ring (bicyclic) bond motifs is 2. The van der Waals surface area contributed by atoms with Crippen LogP contribution >= 0.6 is 0 Å². The third-order valence-corrected chi connectivity index (χ3v) is 8.25. The lowest BCUT2D eigenvalue weighted by Gasteiger charge is -2.14. The highest BCUT2D eigenvalue weighted by molar-refractivity contribution is 7.85. The fourth-order valence-electron chi connectivity index (χ4n) is 4.61. The topological polar surface area (TPSA) is 144 Å². The standard InChI is InChI=1S/C17H16F3N5OS.C15H12F3N5/c1-10(2)27(26)16-24-14-12(6-4-8-22-14)15(25-16)23-9-11-5-3-7-21-13(11)17(18,19)20;1-9-22-13-11(5-3-7-20-13)14(23-9)21-8-10-4-2-6-19-12(10)15(16,17)18/h3-8,10H,9H2,1-2H3,(H,22,23,24,25);2-7H,8H2,1H3,(H,20,21,22,23). The number of nitrogens with zero attached hydrogens (tertiary/aromatic N) is 8. The molecule has 0 fully saturated rings. The van der Waals surface area contributed by atoms with Crippen molar-refractivity contribution in [3.05, 3.63) is 102 Å². The summed E-state index contributed by atoms with van der Waals surface area (Å²) in [6.45, 7) is 5.02. The van der Waals surface area contributed by atoms with Gasteiger partial charge in [-0.2, -0.15) is 26.3 Å². The number of pyridine rings is 4. The van der Waals surface area contributed by atoms with Crippen LogP contribution in [-0.4, -0.2) is 49.3 Å². The third kappa shape index (κ3) is 8.60. The Morgan fingerprint density at radius 3 is 1.56 bits per heavy atom. The maximum absolute atomic E-state index is 13.1. The first-order valence-electron chi connectivity index (χ1n) is 14.8. The Balaban J connectivity index is 0.000000197. The van der Waals surface area contributed by atoms with Gasteiger partial charge >= 0.3 is 12.4 Å². The van der Waals surface area contributed by atoms with Crippen molar-refractivity contribution < 1.29 is 30.6 Å². The van der Waals surface area contributed by atoms with Crippen LogP contribution in [-0.2, 0) is 36.2 Å². The predicted octanol–water partition coefficient (Wildman–Crippen LogP) is 6.93. The van der Waals surface area contributed by atoms with Crippen LogP contribution in [0.15, 0.2) is 78.5 Å². The van der Waals surface area contributed by atoms with Crippen molar-refractivity contribution in [1.29, 1.82) is 0 Å². The molecule has 260 valence electrons. The number of anilines is 2. The van der Waals surface area contributed by atoms with E-state index in [1.165, 1.54) is 30.5 Å². The smallest absolute Gasteiger partial charge is 0.365 e. The second-order valence-electron chi connectivity index (χ2n) is 10.8. The lowest BCUT2D eigenvalue weighted by Crippen LogP contribution is -2.15. The van der Waals surface area contributed by atoms with Crippen LogP contribution in [0.5, 0.6) is 0 Å². The molecular weight excluding hydrogens is 686 g/mol. The van der Waals surface area contributed by atoms with Crippen LogP contribution in [0, 0.1) is 6.92 Å². The molecule has 6 aromatic heterocycles. The van der Waals surface area contributed by atoms with Crippen LogP contribution in [0.1, 0.15) is 42.2 Å². The summed E-state index contributed by atoms with van der Waals surface area (Å²) in [5, 5.41) is 6.86. The summed E-state index contributed by atoms with van der Waals surface area (Å²) in [7, 11) is -1.46. The Kier molecular flexibility index (Phi) is 10.8. The van der Waals surface area contributed by atoms with Crippen LogP contribution in [0.2, 0.25) is 0 Å². The zero-order chi connectivity index (χ0) is 36.1. The minimum absolute atomic E-state index is 0.0211. The third-order valence-electron chi connectivity index (χ3n) is 6.85. The molecule has 6 aromatic rings. The maximum atomic E-state index is 13.1. The number of alkyl halides is 6. The van der Waals surface area contributed by atoms with Gasteiger partial charge in [0.2, 0.25) is 5.16 Å². The van der Waals surface area contributed by atoms with Gasteiger partial charge in [-0.15, -0.1) is 0 Å². The van der Waals surface area contributed by atoms with Gasteiger partial charge in [0.15, 0.2) is 11.3 Å². The van der Waals surface area contributed by atoms with E-state index in [1.807, 2.05) is 0 Å². The van der Waals surface area contributed by atoms with Crippen LogP contribution in [0.3, 0.4) is 0 Å². The van der Waals surface area contributed by atoms with Crippen LogP contribution in [0.25, 0.3) is 22.1 Å². The molecule has 0 aliphatic carbocycles. The number of hydrogen-bond acceptors (Lipinski definition) is 11. The molecule has 0 aliphatic heterocycles. The molecule has 1 atom stereocenters. The molecule has 0 spiro atoms. The first-order chi connectivity index (χ1) is 23.7. The Hall–Kier alpha value is -5.39. The minimum atomic E-state index is -4.56. The van der Waals surface area contributed by atoms with Gasteiger partial charge in [-0.3, -0.25) is 14.2 Å². The van der Waals surface area contributed by atoms with E-state index in [9.17, 15) is 30.6 Å². The van der Waals surface area contributed by atoms with Gasteiger partial charge in [0.1, 0.15) is 28.8 Å². The van der Waals surface area contributed by atoms with E-state index in [0.29, 0.717) is 33.7 Å². The Morgan fingerprint density at radius 1 is 0.640 bits per heavy atom. The van der Waals surface area contributed by atoms with E-state index in [4.69, 9.17) is 0 Å². The molecule has 0 radical (unpaired) electrons. The quantitative estimate of drug-likeness (QED) is 0.125. The highest BCUT2D eigenvalue weighted by Crippen LogP contribution is 2.32. The summed E-state index contributed by atoms with van der Waals surface area (Å²) in [5.74, 6) is 1.20. The summed E-state index contributed by atoms with van der Waals surface area (Å²) in [5.41, 5.74) is -1.02. The van der Waals surface area contributed by atoms with Crippen molar-refractivity contribution in [1.82, 2.24) is 39.9 Å². The van der Waals surface area contributed by atoms with Crippen molar-refractivity contribution >= 4 is 44.5 Å². The molecule has 1 unspecified atom stereocenters. The van der Waals surface area contributed by atoms with Crippen molar-refractivity contribution in [2.24, 2.45) is 0 Å². The second kappa shape index (κ2) is 15.0. The number of halogens is 6. The van der Waals surface area contributed by atoms with E-state index in [2.05, 4.69) is 50.5 Å². The van der Waals surface area contributed by atoms with E-state index >= 15 is 0 Å². The largest absolute Gasteiger partial charge is 0.433 e. The van der Waals surface area contributed by atoms with Crippen molar-refractivity contribution in [3.8, 4) is 0 Å². The van der Waals surface area contributed by atoms with E-state index in [0.717, 1.165) is 12.4 Å². The average molecular weight is 715 g/mol. The number of hydrogen-bond donors (Lipinski definition) is 2. The van der Waals surface area contributed by atoms with E-state index < -0.39 is 34.5 Å². The van der Waals surface area contributed by atoms with Crippen molar-refractivity contribution in [2.45, 2.75) is 56.6 Å². The van der Waals surface area contributed by atoms with Crippen LogP contribution in [0.4, 0.5) is 38.0 Å². The van der Waals surface area contributed by atoms with Crippen LogP contribution < -0.4 is 10.6 Å². The normalized spacial score (nSPS) is 12.4. The van der Waals surface area contributed by atoms with E-state index in [1.54, 1.807) is 51.2 Å². The number of rotatable bonds is 8. The molecular formula is C32H28F6N10OS. The molecule has 50 heavy (non-hydrogen) atoms. The highest BCUT2D eigenvalue weighted by atomic mass is 32.2. The Labute approximate surface area is 283 Å². The van der Waals surface area contributed by atoms with Crippen molar-refractivity contribution in [2.75, 3.05) is 10.6 Å². The summed E-state index contributed by atoms with van der Waals surface area (Å²) in [6, 6.07) is 12.5. The molecule has 2 N–H and O–H groups in total. The Morgan fingerprint density at radius 2 is 1.08 bits per heavy atom. The van der Waals surface area contributed by atoms with Gasteiger partial charge in [0.05, 0.1) is 21.6 Å². The number of aromatic nitrogens is 8. The van der Waals surface area contributed by atoms with E-state index in [-0.39, 0.29) is 40.4 Å². The first-order valence-corrected chi connectivity index (χ1v) is 16.1. The lowest BCUT2D eigenvalue weighted by atomic mass is 10.2. The zero-order valence-corrected chi connectivity index (χ0v) is 27.4. The van der Waals surface area contributed by atoms with Gasteiger partial charge in [0.25, 0.3) is 0 Å². The predicted molar refractivity (Wildman–Crippen MR) is 174 cm³/mol. The molecule has 0 saturated carbocycles. The molecule has 0 aliphatic rings. The SMILES string of the molecule is CC(C)S(=O)c1nc(NCc2cccnc2C(F)(F)F)c2cccnc2n1.Cc1nc(NCc2cccnc2C(F)(F)F)c2cccnc2n1. The van der Waals surface area contributed by atoms with Gasteiger partial charge in [-0.1, -0.05) is 26.0 Å². The van der Waals surface area contributed by atoms with Gasteiger partial charge in [-0.25, -0.2) is 29.9 Å². The summed E-state index contributed by atoms with van der Waals surface area (Å²) in [6.07, 6.45) is -3.70. The monoisotopic (exact) mass is 714 g/mol. The van der Waals surface area contributed by atoms with Gasteiger partial charge in [0, 0.05) is 54.3 Å². The molecule has 0 bridgehead atoms. The average Bonchev–Trinajstić information content (AvgIpc) is 3.08. The fourth-order valence-corrected chi connectivity index (χ4v) is 5.39. The van der Waals surface area contributed by atoms with Gasteiger partial charge in [-0.05, 0) is 43.3 Å². The fraction of sp³-hybridized carbons (Fsp3) is 0.250. The minimum Gasteiger partial charge on any atom is -0.365 e. The molecule has 6 heterocycles. The van der Waals surface area contributed by atoms with Crippen molar-refractivity contribution in [3.63, 3.8) is 0 Å².